The van der Waals surface area contributed by atoms with Gasteiger partial charge in [-0.15, -0.1) is 0 Å². The van der Waals surface area contributed by atoms with Crippen LogP contribution in [0.5, 0.6) is 0 Å². The van der Waals surface area contributed by atoms with Gasteiger partial charge >= 0.3 is 5.97 Å². The molecule has 0 aliphatic heterocycles. The Balaban J connectivity index is 2.44. The SMILES string of the molecule is CC(CNC(=O)c1ccc(Br)cc1)CC(=O)O. The van der Waals surface area contributed by atoms with Crippen LogP contribution < -0.4 is 5.32 Å². The predicted molar refractivity (Wildman–Crippen MR) is 67.9 cm³/mol. The summed E-state index contributed by atoms with van der Waals surface area (Å²) in [5, 5.41) is 11.3. The number of benzene rings is 1. The number of hydrogen-bond acceptors (Lipinski definition) is 2. The zero-order chi connectivity index (χ0) is 12.8. The summed E-state index contributed by atoms with van der Waals surface area (Å²) >= 11 is 3.29. The minimum Gasteiger partial charge on any atom is -0.481 e. The monoisotopic (exact) mass is 299 g/mol. The van der Waals surface area contributed by atoms with Gasteiger partial charge in [-0.2, -0.15) is 0 Å². The third-order valence-corrected chi connectivity index (χ3v) is 2.77. The van der Waals surface area contributed by atoms with E-state index in [4.69, 9.17) is 5.11 Å². The molecular formula is C12H14BrNO3. The fourth-order valence-electron chi connectivity index (χ4n) is 1.34. The lowest BCUT2D eigenvalue weighted by Gasteiger charge is -2.10. The third-order valence-electron chi connectivity index (χ3n) is 2.24. The van der Waals surface area contributed by atoms with E-state index in [2.05, 4.69) is 21.2 Å². The number of nitrogens with one attached hydrogen (secondary N) is 1. The van der Waals surface area contributed by atoms with Gasteiger partial charge in [0, 0.05) is 23.0 Å². The van der Waals surface area contributed by atoms with Crippen LogP contribution in [0, 0.1) is 5.92 Å². The molecule has 2 N–H and O–H groups in total. The highest BCUT2D eigenvalue weighted by molar-refractivity contribution is 9.10. The number of carbonyl (C=O) groups excluding carboxylic acids is 1. The van der Waals surface area contributed by atoms with E-state index in [1.165, 1.54) is 0 Å². The Morgan fingerprint density at radius 2 is 1.94 bits per heavy atom. The second-order valence-corrected chi connectivity index (χ2v) is 4.84. The Bertz CT molecular complexity index is 403. The second-order valence-electron chi connectivity index (χ2n) is 3.92. The molecule has 0 saturated heterocycles. The van der Waals surface area contributed by atoms with Gasteiger partial charge in [-0.25, -0.2) is 0 Å². The van der Waals surface area contributed by atoms with E-state index < -0.39 is 5.97 Å². The predicted octanol–water partition coefficient (Wildman–Crippen LogP) is 2.29. The molecule has 1 aromatic carbocycles. The molecule has 5 heteroatoms. The molecule has 0 spiro atoms. The summed E-state index contributed by atoms with van der Waals surface area (Å²) in [5.41, 5.74) is 0.565. The summed E-state index contributed by atoms with van der Waals surface area (Å²) in [6.07, 6.45) is 0.0562. The summed E-state index contributed by atoms with van der Waals surface area (Å²) in [7, 11) is 0. The van der Waals surface area contributed by atoms with E-state index in [1.54, 1.807) is 31.2 Å². The molecule has 1 rings (SSSR count). The fraction of sp³-hybridized carbons (Fsp3) is 0.333. The average Bonchev–Trinajstić information content (AvgIpc) is 2.26. The maximum Gasteiger partial charge on any atom is 0.303 e. The lowest BCUT2D eigenvalue weighted by atomic mass is 10.1. The van der Waals surface area contributed by atoms with Gasteiger partial charge in [-0.3, -0.25) is 9.59 Å². The van der Waals surface area contributed by atoms with E-state index in [0.29, 0.717) is 12.1 Å². The van der Waals surface area contributed by atoms with Crippen molar-refractivity contribution in [2.75, 3.05) is 6.54 Å². The van der Waals surface area contributed by atoms with Crippen molar-refractivity contribution in [3.63, 3.8) is 0 Å². The highest BCUT2D eigenvalue weighted by Gasteiger charge is 2.10. The van der Waals surface area contributed by atoms with Crippen molar-refractivity contribution < 1.29 is 14.7 Å². The van der Waals surface area contributed by atoms with Gasteiger partial charge in [0.15, 0.2) is 0 Å². The number of halogens is 1. The van der Waals surface area contributed by atoms with Gasteiger partial charge in [0.1, 0.15) is 0 Å². The lowest BCUT2D eigenvalue weighted by Crippen LogP contribution is -2.29. The molecule has 1 aromatic rings. The molecule has 0 aliphatic rings. The number of carbonyl (C=O) groups is 2. The van der Waals surface area contributed by atoms with Gasteiger partial charge in [0.05, 0.1) is 0 Å². The summed E-state index contributed by atoms with van der Waals surface area (Å²) in [6, 6.07) is 6.99. The molecule has 0 aromatic heterocycles. The van der Waals surface area contributed by atoms with Crippen molar-refractivity contribution in [1.29, 1.82) is 0 Å². The maximum absolute atomic E-state index is 11.7. The lowest BCUT2D eigenvalue weighted by molar-refractivity contribution is -0.137. The van der Waals surface area contributed by atoms with Crippen molar-refractivity contribution >= 4 is 27.8 Å². The van der Waals surface area contributed by atoms with Crippen molar-refractivity contribution in [3.05, 3.63) is 34.3 Å². The Morgan fingerprint density at radius 3 is 2.47 bits per heavy atom. The summed E-state index contributed by atoms with van der Waals surface area (Å²) in [6.45, 7) is 2.15. The Labute approximate surface area is 108 Å². The highest BCUT2D eigenvalue weighted by Crippen LogP contribution is 2.10. The van der Waals surface area contributed by atoms with E-state index in [1.807, 2.05) is 0 Å². The number of hydrogen-bond donors (Lipinski definition) is 2. The third kappa shape index (κ3) is 4.99. The first-order valence-electron chi connectivity index (χ1n) is 5.24. The standard InChI is InChI=1S/C12H14BrNO3/c1-8(6-11(15)16)7-14-12(17)9-2-4-10(13)5-3-9/h2-5,8H,6-7H2,1H3,(H,14,17)(H,15,16). The van der Waals surface area contributed by atoms with Gasteiger partial charge in [0.2, 0.25) is 0 Å². The van der Waals surface area contributed by atoms with Crippen molar-refractivity contribution in [2.45, 2.75) is 13.3 Å². The molecule has 92 valence electrons. The van der Waals surface area contributed by atoms with E-state index in [9.17, 15) is 9.59 Å². The van der Waals surface area contributed by atoms with Crippen LogP contribution in [0.15, 0.2) is 28.7 Å². The first kappa shape index (κ1) is 13.7. The zero-order valence-electron chi connectivity index (χ0n) is 9.44. The van der Waals surface area contributed by atoms with Gasteiger partial charge in [-0.05, 0) is 30.2 Å². The zero-order valence-corrected chi connectivity index (χ0v) is 11.0. The largest absolute Gasteiger partial charge is 0.481 e. The number of carboxylic acid groups (broad SMARTS) is 1. The van der Waals surface area contributed by atoms with E-state index >= 15 is 0 Å². The Morgan fingerprint density at radius 1 is 1.35 bits per heavy atom. The maximum atomic E-state index is 11.7. The molecule has 0 bridgehead atoms. The summed E-state index contributed by atoms with van der Waals surface area (Å²) in [4.78, 5) is 22.1. The number of aliphatic carboxylic acids is 1. The van der Waals surface area contributed by atoms with E-state index in [0.717, 1.165) is 4.47 Å². The highest BCUT2D eigenvalue weighted by atomic mass is 79.9. The van der Waals surface area contributed by atoms with Crippen LogP contribution in [0.4, 0.5) is 0 Å². The molecule has 17 heavy (non-hydrogen) atoms. The van der Waals surface area contributed by atoms with Crippen LogP contribution in [0.3, 0.4) is 0 Å². The molecule has 0 aliphatic carbocycles. The van der Waals surface area contributed by atoms with Crippen LogP contribution in [-0.2, 0) is 4.79 Å². The van der Waals surface area contributed by atoms with Crippen molar-refractivity contribution in [1.82, 2.24) is 5.32 Å². The molecule has 4 nitrogen and oxygen atoms in total. The Kier molecular flexibility index (Phi) is 5.15. The molecule has 0 saturated carbocycles. The molecular weight excluding hydrogens is 286 g/mol. The van der Waals surface area contributed by atoms with Crippen molar-refractivity contribution in [2.24, 2.45) is 5.92 Å². The fourth-order valence-corrected chi connectivity index (χ4v) is 1.60. The summed E-state index contributed by atoms with van der Waals surface area (Å²) < 4.78 is 0.910. The molecule has 0 heterocycles. The second kappa shape index (κ2) is 6.39. The molecule has 1 unspecified atom stereocenters. The number of amides is 1. The average molecular weight is 300 g/mol. The molecule has 0 fully saturated rings. The molecule has 1 atom stereocenters. The summed E-state index contributed by atoms with van der Waals surface area (Å²) in [5.74, 6) is -1.11. The first-order chi connectivity index (χ1) is 7.99. The van der Waals surface area contributed by atoms with Crippen LogP contribution in [0.1, 0.15) is 23.7 Å². The molecule has 0 radical (unpaired) electrons. The van der Waals surface area contributed by atoms with Gasteiger partial charge in [-0.1, -0.05) is 22.9 Å². The van der Waals surface area contributed by atoms with Crippen LogP contribution >= 0.6 is 15.9 Å². The molecule has 1 amide bonds. The van der Waals surface area contributed by atoms with Gasteiger partial charge in [0.25, 0.3) is 5.91 Å². The minimum absolute atomic E-state index is 0.0562. The van der Waals surface area contributed by atoms with E-state index in [-0.39, 0.29) is 18.2 Å². The normalized spacial score (nSPS) is 11.9. The smallest absolute Gasteiger partial charge is 0.303 e. The topological polar surface area (TPSA) is 66.4 Å². The number of carboxylic acids is 1. The van der Waals surface area contributed by atoms with Crippen LogP contribution in [-0.4, -0.2) is 23.5 Å². The quantitative estimate of drug-likeness (QED) is 0.877. The first-order valence-corrected chi connectivity index (χ1v) is 6.04. The minimum atomic E-state index is -0.851. The van der Waals surface area contributed by atoms with Crippen molar-refractivity contribution in [3.8, 4) is 0 Å². The van der Waals surface area contributed by atoms with Gasteiger partial charge < -0.3 is 10.4 Å². The van der Waals surface area contributed by atoms with Crippen LogP contribution in [0.2, 0.25) is 0 Å². The van der Waals surface area contributed by atoms with Crippen LogP contribution in [0.25, 0.3) is 0 Å². The number of rotatable bonds is 5. The Hall–Kier alpha value is -1.36.